The third-order valence-electron chi connectivity index (χ3n) is 5.37. The first-order valence-corrected chi connectivity index (χ1v) is 9.93. The van der Waals surface area contributed by atoms with Crippen molar-refractivity contribution in [1.82, 2.24) is 0 Å². The molecule has 0 radical (unpaired) electrons. The second-order valence-electron chi connectivity index (χ2n) is 7.42. The molecule has 0 spiro atoms. The highest BCUT2D eigenvalue weighted by atomic mass is 16.5. The number of rotatable bonds is 3. The predicted molar refractivity (Wildman–Crippen MR) is 117 cm³/mol. The van der Waals surface area contributed by atoms with Crippen molar-refractivity contribution in [1.29, 1.82) is 0 Å². The maximum atomic E-state index is 13.2. The van der Waals surface area contributed by atoms with Crippen molar-refractivity contribution in [2.45, 2.75) is 12.8 Å². The lowest BCUT2D eigenvalue weighted by Crippen LogP contribution is -2.23. The molecule has 4 aromatic rings. The van der Waals surface area contributed by atoms with E-state index >= 15 is 0 Å². The molecule has 1 aliphatic rings. The number of ether oxygens (including phenoxy) is 2. The number of carbonyl (C=O) groups is 1. The molecule has 0 fully saturated rings. The van der Waals surface area contributed by atoms with Crippen LogP contribution in [0.15, 0.2) is 97.1 Å². The molecule has 0 N–H and O–H groups in total. The van der Waals surface area contributed by atoms with Gasteiger partial charge in [0.2, 0.25) is 0 Å². The SMILES string of the molecule is Cc1ccc(-c2ccc(OC(=O)C3c4ccccc4Oc4ccccc43)cc2)cc1. The number of fused-ring (bicyclic) bond motifs is 2. The first-order valence-electron chi connectivity index (χ1n) is 9.93. The molecule has 30 heavy (non-hydrogen) atoms. The summed E-state index contributed by atoms with van der Waals surface area (Å²) in [5.41, 5.74) is 5.07. The van der Waals surface area contributed by atoms with Crippen molar-refractivity contribution in [3.63, 3.8) is 0 Å². The average molecular weight is 392 g/mol. The quantitative estimate of drug-likeness (QED) is 0.295. The Morgan fingerprint density at radius 2 is 1.20 bits per heavy atom. The zero-order chi connectivity index (χ0) is 20.5. The van der Waals surface area contributed by atoms with Crippen molar-refractivity contribution in [2.24, 2.45) is 0 Å². The van der Waals surface area contributed by atoms with Gasteiger partial charge in [0.05, 0.1) is 0 Å². The van der Waals surface area contributed by atoms with Gasteiger partial charge in [0.1, 0.15) is 23.2 Å². The lowest BCUT2D eigenvalue weighted by molar-refractivity contribution is -0.135. The molecule has 0 saturated carbocycles. The summed E-state index contributed by atoms with van der Waals surface area (Å²) in [4.78, 5) is 13.2. The van der Waals surface area contributed by atoms with E-state index in [0.29, 0.717) is 17.2 Å². The molecule has 0 amide bonds. The van der Waals surface area contributed by atoms with Crippen LogP contribution in [-0.2, 0) is 4.79 Å². The van der Waals surface area contributed by atoms with Crippen LogP contribution in [0.4, 0.5) is 0 Å². The summed E-state index contributed by atoms with van der Waals surface area (Å²) in [5.74, 6) is 1.06. The molecule has 0 atom stereocenters. The number of aryl methyl sites for hydroxylation is 1. The summed E-state index contributed by atoms with van der Waals surface area (Å²) in [7, 11) is 0. The molecule has 1 heterocycles. The molecule has 0 bridgehead atoms. The van der Waals surface area contributed by atoms with Gasteiger partial charge >= 0.3 is 5.97 Å². The molecular formula is C27H20O3. The Hall–Kier alpha value is -3.85. The summed E-state index contributed by atoms with van der Waals surface area (Å²) in [5, 5.41) is 0. The van der Waals surface area contributed by atoms with Gasteiger partial charge < -0.3 is 9.47 Å². The van der Waals surface area contributed by atoms with Crippen LogP contribution in [0.2, 0.25) is 0 Å². The summed E-state index contributed by atoms with van der Waals surface area (Å²) >= 11 is 0. The van der Waals surface area contributed by atoms with Crippen LogP contribution in [0.3, 0.4) is 0 Å². The fraction of sp³-hybridized carbons (Fsp3) is 0.0741. The van der Waals surface area contributed by atoms with E-state index in [9.17, 15) is 4.79 Å². The Morgan fingerprint density at radius 3 is 1.77 bits per heavy atom. The minimum absolute atomic E-state index is 0.318. The van der Waals surface area contributed by atoms with Crippen molar-refractivity contribution in [2.75, 3.05) is 0 Å². The molecular weight excluding hydrogens is 372 g/mol. The second-order valence-corrected chi connectivity index (χ2v) is 7.42. The Labute approximate surface area is 175 Å². The summed E-state index contributed by atoms with van der Waals surface area (Å²) < 4.78 is 11.8. The lowest BCUT2D eigenvalue weighted by Gasteiger charge is -2.26. The van der Waals surface area contributed by atoms with Gasteiger partial charge in [-0.2, -0.15) is 0 Å². The van der Waals surface area contributed by atoms with Gasteiger partial charge in [0, 0.05) is 11.1 Å². The maximum absolute atomic E-state index is 13.2. The fourth-order valence-electron chi connectivity index (χ4n) is 3.80. The van der Waals surface area contributed by atoms with Crippen LogP contribution < -0.4 is 9.47 Å². The molecule has 3 nitrogen and oxygen atoms in total. The van der Waals surface area contributed by atoms with Crippen molar-refractivity contribution in [3.8, 4) is 28.4 Å². The van der Waals surface area contributed by atoms with Crippen LogP contribution in [-0.4, -0.2) is 5.97 Å². The van der Waals surface area contributed by atoms with Gasteiger partial charge in [-0.15, -0.1) is 0 Å². The normalized spacial score (nSPS) is 12.4. The van der Waals surface area contributed by atoms with E-state index in [1.165, 1.54) is 5.56 Å². The standard InChI is InChI=1S/C27H20O3/c1-18-10-12-19(13-11-18)20-14-16-21(17-15-20)29-27(28)26-22-6-2-4-8-24(22)30-25-9-5-3-7-23(25)26/h2-17,26H,1H3. The summed E-state index contributed by atoms with van der Waals surface area (Å²) in [6.45, 7) is 2.07. The van der Waals surface area contributed by atoms with Gasteiger partial charge in [0.15, 0.2) is 0 Å². The third kappa shape index (κ3) is 3.35. The van der Waals surface area contributed by atoms with E-state index in [1.807, 2.05) is 72.8 Å². The van der Waals surface area contributed by atoms with Gasteiger partial charge in [-0.25, -0.2) is 0 Å². The van der Waals surface area contributed by atoms with Crippen LogP contribution in [0.5, 0.6) is 17.2 Å². The highest BCUT2D eigenvalue weighted by Gasteiger charge is 2.33. The van der Waals surface area contributed by atoms with Gasteiger partial charge in [-0.1, -0.05) is 78.4 Å². The average Bonchev–Trinajstić information content (AvgIpc) is 2.78. The molecule has 1 aliphatic heterocycles. The largest absolute Gasteiger partial charge is 0.457 e. The van der Waals surface area contributed by atoms with Gasteiger partial charge in [-0.3, -0.25) is 4.79 Å². The Balaban J connectivity index is 1.43. The van der Waals surface area contributed by atoms with Gasteiger partial charge in [-0.05, 0) is 42.3 Å². The van der Waals surface area contributed by atoms with Crippen molar-refractivity contribution in [3.05, 3.63) is 114 Å². The topological polar surface area (TPSA) is 35.5 Å². The van der Waals surface area contributed by atoms with E-state index in [4.69, 9.17) is 9.47 Å². The molecule has 0 unspecified atom stereocenters. The number of benzene rings is 4. The minimum atomic E-state index is -0.525. The maximum Gasteiger partial charge on any atom is 0.323 e. The molecule has 0 saturated heterocycles. The summed E-state index contributed by atoms with van der Waals surface area (Å²) in [6.07, 6.45) is 0. The number of carbonyl (C=O) groups excluding carboxylic acids is 1. The number of hydrogen-bond acceptors (Lipinski definition) is 3. The fourth-order valence-corrected chi connectivity index (χ4v) is 3.80. The van der Waals surface area contributed by atoms with E-state index in [2.05, 4.69) is 31.2 Å². The van der Waals surface area contributed by atoms with E-state index in [1.54, 1.807) is 0 Å². The lowest BCUT2D eigenvalue weighted by atomic mass is 9.88. The smallest absolute Gasteiger partial charge is 0.323 e. The van der Waals surface area contributed by atoms with E-state index in [-0.39, 0.29) is 5.97 Å². The summed E-state index contributed by atoms with van der Waals surface area (Å²) in [6, 6.07) is 31.2. The van der Waals surface area contributed by atoms with Crippen LogP contribution in [0.25, 0.3) is 11.1 Å². The number of para-hydroxylation sites is 2. The molecule has 5 rings (SSSR count). The van der Waals surface area contributed by atoms with Crippen molar-refractivity contribution >= 4 is 5.97 Å². The highest BCUT2D eigenvalue weighted by molar-refractivity contribution is 5.87. The monoisotopic (exact) mass is 392 g/mol. The second kappa shape index (κ2) is 7.53. The number of esters is 1. The Bertz CT molecular complexity index is 1160. The molecule has 3 heteroatoms. The molecule has 4 aromatic carbocycles. The molecule has 146 valence electrons. The first-order chi connectivity index (χ1) is 14.7. The Kier molecular flexibility index (Phi) is 4.56. The highest BCUT2D eigenvalue weighted by Crippen LogP contribution is 2.44. The molecule has 0 aromatic heterocycles. The molecule has 0 aliphatic carbocycles. The third-order valence-corrected chi connectivity index (χ3v) is 5.37. The predicted octanol–water partition coefficient (Wildman–Crippen LogP) is 6.51. The van der Waals surface area contributed by atoms with Crippen LogP contribution >= 0.6 is 0 Å². The van der Waals surface area contributed by atoms with E-state index in [0.717, 1.165) is 22.3 Å². The van der Waals surface area contributed by atoms with Crippen LogP contribution in [0, 0.1) is 6.92 Å². The van der Waals surface area contributed by atoms with Gasteiger partial charge in [0.25, 0.3) is 0 Å². The van der Waals surface area contributed by atoms with E-state index < -0.39 is 5.92 Å². The van der Waals surface area contributed by atoms with Crippen LogP contribution in [0.1, 0.15) is 22.6 Å². The Morgan fingerprint density at radius 1 is 0.700 bits per heavy atom. The zero-order valence-electron chi connectivity index (χ0n) is 16.5. The van der Waals surface area contributed by atoms with Crippen molar-refractivity contribution < 1.29 is 14.3 Å². The minimum Gasteiger partial charge on any atom is -0.457 e. The first kappa shape index (κ1) is 18.2. The number of hydrogen-bond donors (Lipinski definition) is 0. The zero-order valence-corrected chi connectivity index (χ0v) is 16.5.